The van der Waals surface area contributed by atoms with Gasteiger partial charge in [0.1, 0.15) is 5.58 Å². The SMILES string of the molecule is CN(C)Cc1c(C(=O)NN2CCOCC2)oc2ccccc12. The summed E-state index contributed by atoms with van der Waals surface area (Å²) in [6.45, 7) is 3.29. The van der Waals surface area contributed by atoms with Crippen molar-refractivity contribution < 1.29 is 13.9 Å². The highest BCUT2D eigenvalue weighted by Crippen LogP contribution is 2.26. The Morgan fingerprint density at radius 1 is 1.27 bits per heavy atom. The van der Waals surface area contributed by atoms with Gasteiger partial charge in [0.25, 0.3) is 0 Å². The minimum absolute atomic E-state index is 0.199. The number of carbonyl (C=O) groups is 1. The second-order valence-corrected chi connectivity index (χ2v) is 5.68. The van der Waals surface area contributed by atoms with Crippen LogP contribution in [0.3, 0.4) is 0 Å². The number of para-hydroxylation sites is 1. The van der Waals surface area contributed by atoms with Gasteiger partial charge in [0.2, 0.25) is 0 Å². The molecule has 0 saturated carbocycles. The Bertz CT molecular complexity index is 660. The van der Waals surface area contributed by atoms with E-state index in [0.29, 0.717) is 38.6 Å². The van der Waals surface area contributed by atoms with Crippen LogP contribution in [0.25, 0.3) is 11.0 Å². The number of hydrazine groups is 1. The maximum Gasteiger partial charge on any atom is 0.301 e. The molecule has 1 aliphatic heterocycles. The van der Waals surface area contributed by atoms with Gasteiger partial charge in [-0.15, -0.1) is 0 Å². The van der Waals surface area contributed by atoms with E-state index < -0.39 is 0 Å². The minimum atomic E-state index is -0.199. The lowest BCUT2D eigenvalue weighted by Crippen LogP contribution is -2.48. The molecule has 1 aromatic carbocycles. The average molecular weight is 303 g/mol. The third kappa shape index (κ3) is 3.14. The lowest BCUT2D eigenvalue weighted by Gasteiger charge is -2.26. The Kier molecular flexibility index (Phi) is 4.42. The molecule has 1 N–H and O–H groups in total. The molecule has 0 spiro atoms. The van der Waals surface area contributed by atoms with Crippen LogP contribution in [-0.4, -0.2) is 56.2 Å². The van der Waals surface area contributed by atoms with Crippen LogP contribution < -0.4 is 5.43 Å². The summed E-state index contributed by atoms with van der Waals surface area (Å²) < 4.78 is 11.1. The zero-order chi connectivity index (χ0) is 15.5. The smallest absolute Gasteiger partial charge is 0.301 e. The topological polar surface area (TPSA) is 58.0 Å². The molecule has 2 heterocycles. The largest absolute Gasteiger partial charge is 0.451 e. The van der Waals surface area contributed by atoms with Crippen LogP contribution >= 0.6 is 0 Å². The maximum atomic E-state index is 12.6. The highest BCUT2D eigenvalue weighted by Gasteiger charge is 2.23. The van der Waals surface area contributed by atoms with Gasteiger partial charge >= 0.3 is 5.91 Å². The average Bonchev–Trinajstić information content (AvgIpc) is 2.87. The van der Waals surface area contributed by atoms with E-state index >= 15 is 0 Å². The van der Waals surface area contributed by atoms with E-state index in [4.69, 9.17) is 9.15 Å². The first-order valence-electron chi connectivity index (χ1n) is 7.44. The van der Waals surface area contributed by atoms with Gasteiger partial charge in [-0.25, -0.2) is 5.01 Å². The van der Waals surface area contributed by atoms with Crippen molar-refractivity contribution in [2.45, 2.75) is 6.54 Å². The quantitative estimate of drug-likeness (QED) is 0.927. The lowest BCUT2D eigenvalue weighted by molar-refractivity contribution is 0.0118. The molecule has 0 radical (unpaired) electrons. The van der Waals surface area contributed by atoms with Gasteiger partial charge in [0.05, 0.1) is 13.2 Å². The van der Waals surface area contributed by atoms with Gasteiger partial charge in [-0.1, -0.05) is 18.2 Å². The molecule has 1 aliphatic rings. The van der Waals surface area contributed by atoms with Crippen molar-refractivity contribution in [3.05, 3.63) is 35.6 Å². The summed E-state index contributed by atoms with van der Waals surface area (Å²) >= 11 is 0. The van der Waals surface area contributed by atoms with Crippen molar-refractivity contribution in [3.63, 3.8) is 0 Å². The standard InChI is InChI=1S/C16H21N3O3/c1-18(2)11-13-12-5-3-4-6-14(12)22-15(13)16(20)17-19-7-9-21-10-8-19/h3-6H,7-11H2,1-2H3,(H,17,20). The van der Waals surface area contributed by atoms with Gasteiger partial charge in [-0.2, -0.15) is 0 Å². The van der Waals surface area contributed by atoms with Crippen LogP contribution in [0, 0.1) is 0 Å². The van der Waals surface area contributed by atoms with Crippen molar-refractivity contribution in [1.29, 1.82) is 0 Å². The Hall–Kier alpha value is -1.89. The van der Waals surface area contributed by atoms with Crippen LogP contribution in [0.1, 0.15) is 16.1 Å². The van der Waals surface area contributed by atoms with Crippen LogP contribution in [0.2, 0.25) is 0 Å². The van der Waals surface area contributed by atoms with E-state index in [1.54, 1.807) is 0 Å². The lowest BCUT2D eigenvalue weighted by atomic mass is 10.1. The number of rotatable bonds is 4. The number of carbonyl (C=O) groups excluding carboxylic acids is 1. The Morgan fingerprint density at radius 2 is 2.00 bits per heavy atom. The van der Waals surface area contributed by atoms with Crippen molar-refractivity contribution in [2.24, 2.45) is 0 Å². The normalized spacial score (nSPS) is 16.3. The van der Waals surface area contributed by atoms with E-state index in [1.165, 1.54) is 0 Å². The maximum absolute atomic E-state index is 12.6. The Balaban J connectivity index is 1.89. The Morgan fingerprint density at radius 3 is 2.73 bits per heavy atom. The summed E-state index contributed by atoms with van der Waals surface area (Å²) in [7, 11) is 3.96. The molecule has 3 rings (SSSR count). The molecule has 1 amide bonds. The number of hydrogen-bond donors (Lipinski definition) is 1. The number of amides is 1. The third-order valence-corrected chi connectivity index (χ3v) is 3.65. The van der Waals surface area contributed by atoms with Gasteiger partial charge in [0, 0.05) is 30.6 Å². The number of ether oxygens (including phenoxy) is 1. The zero-order valence-electron chi connectivity index (χ0n) is 13.0. The molecule has 22 heavy (non-hydrogen) atoms. The first kappa shape index (κ1) is 15.0. The fraction of sp³-hybridized carbons (Fsp3) is 0.438. The molecule has 0 bridgehead atoms. The molecule has 1 saturated heterocycles. The molecule has 2 aromatic rings. The van der Waals surface area contributed by atoms with E-state index in [0.717, 1.165) is 16.5 Å². The minimum Gasteiger partial charge on any atom is -0.451 e. The molecule has 118 valence electrons. The van der Waals surface area contributed by atoms with E-state index in [-0.39, 0.29) is 5.91 Å². The van der Waals surface area contributed by atoms with E-state index in [9.17, 15) is 4.79 Å². The molecular formula is C16H21N3O3. The number of morpholine rings is 1. The van der Waals surface area contributed by atoms with Gasteiger partial charge in [-0.3, -0.25) is 10.2 Å². The number of fused-ring (bicyclic) bond motifs is 1. The summed E-state index contributed by atoms with van der Waals surface area (Å²) in [5.41, 5.74) is 4.58. The molecule has 6 nitrogen and oxygen atoms in total. The summed E-state index contributed by atoms with van der Waals surface area (Å²) in [5.74, 6) is 0.191. The Labute approximate surface area is 129 Å². The van der Waals surface area contributed by atoms with Crippen molar-refractivity contribution in [2.75, 3.05) is 40.4 Å². The molecule has 1 fully saturated rings. The second kappa shape index (κ2) is 6.48. The molecule has 0 atom stereocenters. The predicted molar refractivity (Wildman–Crippen MR) is 83.5 cm³/mol. The van der Waals surface area contributed by atoms with Crippen molar-refractivity contribution in [3.8, 4) is 0 Å². The van der Waals surface area contributed by atoms with Crippen LogP contribution in [0.4, 0.5) is 0 Å². The highest BCUT2D eigenvalue weighted by atomic mass is 16.5. The summed E-state index contributed by atoms with van der Waals surface area (Å²) in [5, 5.41) is 2.86. The van der Waals surface area contributed by atoms with Crippen molar-refractivity contribution in [1.82, 2.24) is 15.3 Å². The number of hydrogen-bond acceptors (Lipinski definition) is 5. The number of furan rings is 1. The molecule has 6 heteroatoms. The number of nitrogens with one attached hydrogen (secondary N) is 1. The number of nitrogens with zero attached hydrogens (tertiary/aromatic N) is 2. The van der Waals surface area contributed by atoms with Gasteiger partial charge in [0.15, 0.2) is 5.76 Å². The summed E-state index contributed by atoms with van der Waals surface area (Å²) in [6.07, 6.45) is 0. The molecule has 0 aliphatic carbocycles. The van der Waals surface area contributed by atoms with Gasteiger partial charge < -0.3 is 14.1 Å². The summed E-state index contributed by atoms with van der Waals surface area (Å²) in [6, 6.07) is 7.75. The first-order chi connectivity index (χ1) is 10.6. The van der Waals surface area contributed by atoms with E-state index in [2.05, 4.69) is 5.43 Å². The van der Waals surface area contributed by atoms with Crippen molar-refractivity contribution >= 4 is 16.9 Å². The molecule has 1 aromatic heterocycles. The van der Waals surface area contributed by atoms with E-state index in [1.807, 2.05) is 48.3 Å². The molecule has 0 unspecified atom stereocenters. The third-order valence-electron chi connectivity index (χ3n) is 3.65. The van der Waals surface area contributed by atoms with Crippen LogP contribution in [-0.2, 0) is 11.3 Å². The van der Waals surface area contributed by atoms with Gasteiger partial charge in [-0.05, 0) is 20.2 Å². The number of benzene rings is 1. The highest BCUT2D eigenvalue weighted by molar-refractivity contribution is 5.98. The van der Waals surface area contributed by atoms with Crippen LogP contribution in [0.5, 0.6) is 0 Å². The second-order valence-electron chi connectivity index (χ2n) is 5.68. The fourth-order valence-corrected chi connectivity index (χ4v) is 2.62. The zero-order valence-corrected chi connectivity index (χ0v) is 13.0. The first-order valence-corrected chi connectivity index (χ1v) is 7.44. The van der Waals surface area contributed by atoms with Crippen LogP contribution in [0.15, 0.2) is 28.7 Å². The summed E-state index contributed by atoms with van der Waals surface area (Å²) in [4.78, 5) is 14.6. The fourth-order valence-electron chi connectivity index (χ4n) is 2.62. The monoisotopic (exact) mass is 303 g/mol. The molecular weight excluding hydrogens is 282 g/mol. The predicted octanol–water partition coefficient (Wildman–Crippen LogP) is 1.47.